The van der Waals surface area contributed by atoms with Crippen LogP contribution in [0.25, 0.3) is 11.3 Å². The van der Waals surface area contributed by atoms with Crippen molar-refractivity contribution in [2.45, 2.75) is 19.9 Å². The van der Waals surface area contributed by atoms with Crippen LogP contribution >= 0.6 is 11.3 Å². The molecule has 1 aromatic heterocycles. The number of rotatable bonds is 4. The predicted molar refractivity (Wildman–Crippen MR) is 76.3 cm³/mol. The normalized spacial score (nSPS) is 12.4. The Kier molecular flexibility index (Phi) is 3.99. The molecular weight excluding hydrogens is 244 g/mol. The molecule has 0 saturated carbocycles. The van der Waals surface area contributed by atoms with Crippen molar-refractivity contribution in [3.8, 4) is 17.0 Å². The van der Waals surface area contributed by atoms with Crippen molar-refractivity contribution in [2.24, 2.45) is 0 Å². The van der Waals surface area contributed by atoms with Gasteiger partial charge in [-0.25, -0.2) is 4.98 Å². The number of aromatic nitrogens is 1. The molecule has 1 heterocycles. The van der Waals surface area contributed by atoms with Crippen molar-refractivity contribution < 1.29 is 4.74 Å². The number of methoxy groups -OCH3 is 1. The zero-order valence-electron chi connectivity index (χ0n) is 11.2. The van der Waals surface area contributed by atoms with Gasteiger partial charge in [0.15, 0.2) is 0 Å². The lowest BCUT2D eigenvalue weighted by molar-refractivity contribution is 0.415. The molecule has 96 valence electrons. The zero-order chi connectivity index (χ0) is 13.1. The van der Waals surface area contributed by atoms with E-state index >= 15 is 0 Å². The van der Waals surface area contributed by atoms with Crippen LogP contribution in [-0.4, -0.2) is 19.1 Å². The minimum absolute atomic E-state index is 0.303. The van der Waals surface area contributed by atoms with Crippen molar-refractivity contribution in [2.75, 3.05) is 14.2 Å². The Bertz CT molecular complexity index is 536. The molecule has 0 saturated heterocycles. The first kappa shape index (κ1) is 13.1. The number of nitrogens with zero attached hydrogens (tertiary/aromatic N) is 1. The van der Waals surface area contributed by atoms with Crippen LogP contribution in [0, 0.1) is 6.92 Å². The molecule has 2 aromatic rings. The molecule has 0 amide bonds. The molecule has 1 atom stereocenters. The van der Waals surface area contributed by atoms with E-state index in [1.54, 1.807) is 18.4 Å². The van der Waals surface area contributed by atoms with E-state index in [4.69, 9.17) is 4.74 Å². The van der Waals surface area contributed by atoms with Crippen LogP contribution in [-0.2, 0) is 0 Å². The van der Waals surface area contributed by atoms with Gasteiger partial charge in [0.25, 0.3) is 0 Å². The summed E-state index contributed by atoms with van der Waals surface area (Å²) in [6.07, 6.45) is 0. The Hall–Kier alpha value is -1.39. The molecule has 0 aliphatic carbocycles. The summed E-state index contributed by atoms with van der Waals surface area (Å²) in [7, 11) is 3.65. The second-order valence-corrected chi connectivity index (χ2v) is 5.42. The number of nitrogens with one attached hydrogen (secondary N) is 1. The maximum Gasteiger partial charge on any atom is 0.119 e. The lowest BCUT2D eigenvalue weighted by Crippen LogP contribution is -2.11. The lowest BCUT2D eigenvalue weighted by Gasteiger charge is -2.10. The summed E-state index contributed by atoms with van der Waals surface area (Å²) in [5.41, 5.74) is 2.16. The second-order valence-electron chi connectivity index (χ2n) is 4.19. The van der Waals surface area contributed by atoms with Gasteiger partial charge in [0.1, 0.15) is 5.75 Å². The SMILES string of the molecule is CNC(C)c1sc(C)nc1-c1cccc(OC)c1. The van der Waals surface area contributed by atoms with Crippen molar-refractivity contribution in [1.82, 2.24) is 10.3 Å². The summed E-state index contributed by atoms with van der Waals surface area (Å²) in [5, 5.41) is 4.36. The maximum atomic E-state index is 5.27. The van der Waals surface area contributed by atoms with E-state index in [0.717, 1.165) is 22.0 Å². The summed E-state index contributed by atoms with van der Waals surface area (Å²) in [6, 6.07) is 8.35. The van der Waals surface area contributed by atoms with E-state index in [-0.39, 0.29) is 0 Å². The molecule has 0 fully saturated rings. The van der Waals surface area contributed by atoms with E-state index in [2.05, 4.69) is 23.3 Å². The molecule has 1 aromatic carbocycles. The summed E-state index contributed by atoms with van der Waals surface area (Å²) in [5.74, 6) is 0.862. The minimum Gasteiger partial charge on any atom is -0.497 e. The third-order valence-electron chi connectivity index (χ3n) is 2.93. The van der Waals surface area contributed by atoms with E-state index in [0.29, 0.717) is 6.04 Å². The first-order chi connectivity index (χ1) is 8.65. The third-order valence-corrected chi connectivity index (χ3v) is 4.08. The van der Waals surface area contributed by atoms with Crippen LogP contribution in [0.1, 0.15) is 22.9 Å². The van der Waals surface area contributed by atoms with Gasteiger partial charge in [0, 0.05) is 16.5 Å². The maximum absolute atomic E-state index is 5.27. The van der Waals surface area contributed by atoms with E-state index in [9.17, 15) is 0 Å². The molecular formula is C14H18N2OS. The topological polar surface area (TPSA) is 34.2 Å². The fourth-order valence-corrected chi connectivity index (χ4v) is 2.85. The number of aryl methyl sites for hydroxylation is 1. The fraction of sp³-hybridized carbons (Fsp3) is 0.357. The predicted octanol–water partition coefficient (Wildman–Crippen LogP) is 3.41. The van der Waals surface area contributed by atoms with Crippen LogP contribution in [0.3, 0.4) is 0 Å². The summed E-state index contributed by atoms with van der Waals surface area (Å²) >= 11 is 1.74. The molecule has 0 bridgehead atoms. The summed E-state index contributed by atoms with van der Waals surface area (Å²) in [4.78, 5) is 5.92. The number of hydrogen-bond donors (Lipinski definition) is 1. The zero-order valence-corrected chi connectivity index (χ0v) is 12.0. The summed E-state index contributed by atoms with van der Waals surface area (Å²) < 4.78 is 5.27. The van der Waals surface area contributed by atoms with Crippen molar-refractivity contribution in [1.29, 1.82) is 0 Å². The van der Waals surface area contributed by atoms with Crippen LogP contribution in [0.2, 0.25) is 0 Å². The molecule has 0 aliphatic heterocycles. The van der Waals surface area contributed by atoms with Crippen molar-refractivity contribution in [3.05, 3.63) is 34.2 Å². The molecule has 0 radical (unpaired) electrons. The third kappa shape index (κ3) is 2.54. The average molecular weight is 262 g/mol. The van der Waals surface area contributed by atoms with Gasteiger partial charge in [0.2, 0.25) is 0 Å². The van der Waals surface area contributed by atoms with E-state index < -0.39 is 0 Å². The van der Waals surface area contributed by atoms with Crippen LogP contribution in [0.5, 0.6) is 5.75 Å². The van der Waals surface area contributed by atoms with Crippen LogP contribution in [0.4, 0.5) is 0 Å². The lowest BCUT2D eigenvalue weighted by atomic mass is 10.1. The highest BCUT2D eigenvalue weighted by molar-refractivity contribution is 7.12. The number of hydrogen-bond acceptors (Lipinski definition) is 4. The molecule has 1 N–H and O–H groups in total. The van der Waals surface area contributed by atoms with E-state index in [1.807, 2.05) is 32.2 Å². The number of thiazole rings is 1. The number of benzene rings is 1. The average Bonchev–Trinajstić information content (AvgIpc) is 2.80. The Morgan fingerprint density at radius 2 is 2.17 bits per heavy atom. The van der Waals surface area contributed by atoms with Gasteiger partial charge in [-0.1, -0.05) is 12.1 Å². The first-order valence-corrected chi connectivity index (χ1v) is 6.76. The molecule has 4 heteroatoms. The van der Waals surface area contributed by atoms with Gasteiger partial charge in [-0.2, -0.15) is 0 Å². The van der Waals surface area contributed by atoms with Crippen molar-refractivity contribution in [3.63, 3.8) is 0 Å². The molecule has 2 rings (SSSR count). The standard InChI is InChI=1S/C14H18N2OS/c1-9(15-3)14-13(16-10(2)18-14)11-6-5-7-12(8-11)17-4/h5-9,15H,1-4H3. The fourth-order valence-electron chi connectivity index (χ4n) is 1.84. The highest BCUT2D eigenvalue weighted by Crippen LogP contribution is 2.33. The van der Waals surface area contributed by atoms with Crippen LogP contribution < -0.4 is 10.1 Å². The van der Waals surface area contributed by atoms with Crippen LogP contribution in [0.15, 0.2) is 24.3 Å². The molecule has 0 aliphatic rings. The molecule has 1 unspecified atom stereocenters. The Balaban J connectivity index is 2.49. The van der Waals surface area contributed by atoms with E-state index in [1.165, 1.54) is 4.88 Å². The Morgan fingerprint density at radius 3 is 2.83 bits per heavy atom. The largest absolute Gasteiger partial charge is 0.497 e. The second kappa shape index (κ2) is 5.50. The Labute approximate surface area is 112 Å². The smallest absolute Gasteiger partial charge is 0.119 e. The first-order valence-electron chi connectivity index (χ1n) is 5.94. The van der Waals surface area contributed by atoms with Crippen molar-refractivity contribution >= 4 is 11.3 Å². The summed E-state index contributed by atoms with van der Waals surface area (Å²) in [6.45, 7) is 4.19. The van der Waals surface area contributed by atoms with Gasteiger partial charge in [-0.05, 0) is 33.0 Å². The molecule has 0 spiro atoms. The van der Waals surface area contributed by atoms with Gasteiger partial charge in [-0.15, -0.1) is 11.3 Å². The highest BCUT2D eigenvalue weighted by Gasteiger charge is 2.16. The van der Waals surface area contributed by atoms with Gasteiger partial charge in [-0.3, -0.25) is 0 Å². The quantitative estimate of drug-likeness (QED) is 0.917. The number of ether oxygens (including phenoxy) is 1. The van der Waals surface area contributed by atoms with Gasteiger partial charge in [0.05, 0.1) is 17.8 Å². The molecule has 3 nitrogen and oxygen atoms in total. The monoisotopic (exact) mass is 262 g/mol. The van der Waals surface area contributed by atoms with Gasteiger partial charge >= 0.3 is 0 Å². The Morgan fingerprint density at radius 1 is 1.39 bits per heavy atom. The minimum atomic E-state index is 0.303. The van der Waals surface area contributed by atoms with Gasteiger partial charge < -0.3 is 10.1 Å². The highest BCUT2D eigenvalue weighted by atomic mass is 32.1. The molecule has 18 heavy (non-hydrogen) atoms.